The number of nitrogens with zero attached hydrogens (tertiary/aromatic N) is 1. The third-order valence-corrected chi connectivity index (χ3v) is 4.55. The molecule has 19 heavy (non-hydrogen) atoms. The molecule has 1 aromatic rings. The first-order valence-electron chi connectivity index (χ1n) is 7.37. The highest BCUT2D eigenvalue weighted by Crippen LogP contribution is 2.28. The van der Waals surface area contributed by atoms with Crippen molar-refractivity contribution in [3.8, 4) is 0 Å². The Morgan fingerprint density at radius 1 is 1.16 bits per heavy atom. The standard InChI is InChI=1S/C16H22N2O/c17-15-9-3-8-14(15)16(19)18-10-4-7-12-5-1-2-6-13(12)11-18/h1-2,5-6,14-15H,3-4,7-11,17H2. The quantitative estimate of drug-likeness (QED) is 0.838. The predicted octanol–water partition coefficient (Wildman–Crippen LogP) is 2.09. The molecule has 3 nitrogen and oxygen atoms in total. The van der Waals surface area contributed by atoms with Crippen molar-refractivity contribution in [2.45, 2.75) is 44.7 Å². The van der Waals surface area contributed by atoms with Crippen LogP contribution in [-0.2, 0) is 17.8 Å². The molecular formula is C16H22N2O. The zero-order valence-electron chi connectivity index (χ0n) is 11.3. The summed E-state index contributed by atoms with van der Waals surface area (Å²) in [5.74, 6) is 0.340. The van der Waals surface area contributed by atoms with Gasteiger partial charge in [0, 0.05) is 19.1 Å². The van der Waals surface area contributed by atoms with Gasteiger partial charge in [0.2, 0.25) is 5.91 Å². The van der Waals surface area contributed by atoms with Crippen LogP contribution in [0.15, 0.2) is 24.3 Å². The molecular weight excluding hydrogens is 236 g/mol. The Balaban J connectivity index is 1.77. The number of carbonyl (C=O) groups excluding carboxylic acids is 1. The highest BCUT2D eigenvalue weighted by atomic mass is 16.2. The van der Waals surface area contributed by atoms with Crippen molar-refractivity contribution in [2.24, 2.45) is 11.7 Å². The van der Waals surface area contributed by atoms with Gasteiger partial charge in [-0.3, -0.25) is 4.79 Å². The van der Waals surface area contributed by atoms with Crippen LogP contribution in [0.4, 0.5) is 0 Å². The molecule has 0 aromatic heterocycles. The number of fused-ring (bicyclic) bond motifs is 1. The van der Waals surface area contributed by atoms with Gasteiger partial charge in [0.15, 0.2) is 0 Å². The van der Waals surface area contributed by atoms with E-state index in [0.717, 1.165) is 45.2 Å². The molecule has 1 heterocycles. The first-order valence-corrected chi connectivity index (χ1v) is 7.37. The van der Waals surface area contributed by atoms with E-state index >= 15 is 0 Å². The lowest BCUT2D eigenvalue weighted by Crippen LogP contribution is -2.41. The van der Waals surface area contributed by atoms with Gasteiger partial charge in [-0.1, -0.05) is 30.7 Å². The molecule has 0 spiro atoms. The minimum Gasteiger partial charge on any atom is -0.338 e. The average molecular weight is 258 g/mol. The third-order valence-electron chi connectivity index (χ3n) is 4.55. The summed E-state index contributed by atoms with van der Waals surface area (Å²) < 4.78 is 0. The van der Waals surface area contributed by atoms with Crippen LogP contribution in [0.5, 0.6) is 0 Å². The molecule has 0 bridgehead atoms. The Kier molecular flexibility index (Phi) is 3.56. The first-order chi connectivity index (χ1) is 9.25. The molecule has 0 saturated heterocycles. The van der Waals surface area contributed by atoms with Crippen molar-refractivity contribution in [3.05, 3.63) is 35.4 Å². The van der Waals surface area contributed by atoms with E-state index in [1.807, 2.05) is 4.90 Å². The summed E-state index contributed by atoms with van der Waals surface area (Å²) in [6, 6.07) is 8.56. The minimum absolute atomic E-state index is 0.0604. The van der Waals surface area contributed by atoms with Crippen molar-refractivity contribution in [3.63, 3.8) is 0 Å². The Bertz CT molecular complexity index is 472. The van der Waals surface area contributed by atoms with Crippen molar-refractivity contribution in [1.29, 1.82) is 0 Å². The normalized spacial score (nSPS) is 26.9. The Hall–Kier alpha value is -1.35. The molecule has 2 N–H and O–H groups in total. The fourth-order valence-corrected chi connectivity index (χ4v) is 3.42. The molecule has 1 fully saturated rings. The summed E-state index contributed by atoms with van der Waals surface area (Å²) in [7, 11) is 0. The molecule has 3 rings (SSSR count). The second kappa shape index (κ2) is 5.33. The van der Waals surface area contributed by atoms with Gasteiger partial charge in [-0.2, -0.15) is 0 Å². The molecule has 1 aliphatic carbocycles. The molecule has 0 radical (unpaired) electrons. The molecule has 1 saturated carbocycles. The van der Waals surface area contributed by atoms with Crippen molar-refractivity contribution in [1.82, 2.24) is 4.90 Å². The van der Waals surface area contributed by atoms with Crippen LogP contribution in [0.1, 0.15) is 36.8 Å². The summed E-state index contributed by atoms with van der Waals surface area (Å²) in [6.45, 7) is 1.63. The molecule has 2 aliphatic rings. The Labute approximate surface area is 114 Å². The number of rotatable bonds is 1. The van der Waals surface area contributed by atoms with E-state index in [1.54, 1.807) is 0 Å². The lowest BCUT2D eigenvalue weighted by atomic mass is 10.0. The summed E-state index contributed by atoms with van der Waals surface area (Å²) in [5, 5.41) is 0. The van der Waals surface area contributed by atoms with Crippen LogP contribution in [0.25, 0.3) is 0 Å². The summed E-state index contributed by atoms with van der Waals surface area (Å²) >= 11 is 0. The third kappa shape index (κ3) is 2.52. The SMILES string of the molecule is NC1CCCC1C(=O)N1CCCc2ccccc2C1. The monoisotopic (exact) mass is 258 g/mol. The highest BCUT2D eigenvalue weighted by molar-refractivity contribution is 5.80. The number of hydrogen-bond acceptors (Lipinski definition) is 2. The number of benzene rings is 1. The van der Waals surface area contributed by atoms with Gasteiger partial charge >= 0.3 is 0 Å². The number of carbonyl (C=O) groups is 1. The molecule has 1 aliphatic heterocycles. The summed E-state index contributed by atoms with van der Waals surface area (Å²) in [5.41, 5.74) is 8.78. The van der Waals surface area contributed by atoms with E-state index in [9.17, 15) is 4.79 Å². The number of aryl methyl sites for hydroxylation is 1. The smallest absolute Gasteiger partial charge is 0.227 e. The van der Waals surface area contributed by atoms with Gasteiger partial charge < -0.3 is 10.6 Å². The van der Waals surface area contributed by atoms with Crippen LogP contribution >= 0.6 is 0 Å². The number of amides is 1. The van der Waals surface area contributed by atoms with E-state index in [1.165, 1.54) is 11.1 Å². The van der Waals surface area contributed by atoms with Crippen molar-refractivity contribution < 1.29 is 4.79 Å². The summed E-state index contributed by atoms with van der Waals surface area (Å²) in [4.78, 5) is 14.6. The van der Waals surface area contributed by atoms with E-state index in [0.29, 0.717) is 0 Å². The zero-order chi connectivity index (χ0) is 13.2. The van der Waals surface area contributed by atoms with Crippen molar-refractivity contribution >= 4 is 5.91 Å². The number of hydrogen-bond donors (Lipinski definition) is 1. The molecule has 2 unspecified atom stereocenters. The van der Waals surface area contributed by atoms with E-state index in [-0.39, 0.29) is 17.9 Å². The second-order valence-electron chi connectivity index (χ2n) is 5.83. The lowest BCUT2D eigenvalue weighted by molar-refractivity contribution is -0.136. The molecule has 102 valence electrons. The average Bonchev–Trinajstić information content (AvgIpc) is 2.73. The predicted molar refractivity (Wildman–Crippen MR) is 75.5 cm³/mol. The maximum Gasteiger partial charge on any atom is 0.227 e. The topological polar surface area (TPSA) is 46.3 Å². The van der Waals surface area contributed by atoms with Gasteiger partial charge in [0.1, 0.15) is 0 Å². The number of nitrogens with two attached hydrogens (primary N) is 1. The molecule has 1 aromatic carbocycles. The zero-order valence-corrected chi connectivity index (χ0v) is 11.3. The maximum absolute atomic E-state index is 12.6. The highest BCUT2D eigenvalue weighted by Gasteiger charge is 2.33. The van der Waals surface area contributed by atoms with E-state index in [2.05, 4.69) is 24.3 Å². The Morgan fingerprint density at radius 3 is 2.68 bits per heavy atom. The minimum atomic E-state index is 0.0604. The van der Waals surface area contributed by atoms with Gasteiger partial charge in [0.25, 0.3) is 0 Å². The fourth-order valence-electron chi connectivity index (χ4n) is 3.42. The first kappa shape index (κ1) is 12.7. The van der Waals surface area contributed by atoms with Crippen LogP contribution in [0.3, 0.4) is 0 Å². The van der Waals surface area contributed by atoms with Gasteiger partial charge in [-0.15, -0.1) is 0 Å². The van der Waals surface area contributed by atoms with Crippen LogP contribution in [0.2, 0.25) is 0 Å². The second-order valence-corrected chi connectivity index (χ2v) is 5.83. The lowest BCUT2D eigenvalue weighted by Gasteiger charge is -2.26. The van der Waals surface area contributed by atoms with Crippen molar-refractivity contribution in [2.75, 3.05) is 6.54 Å². The van der Waals surface area contributed by atoms with Gasteiger partial charge in [-0.25, -0.2) is 0 Å². The Morgan fingerprint density at radius 2 is 1.95 bits per heavy atom. The van der Waals surface area contributed by atoms with Crippen LogP contribution in [-0.4, -0.2) is 23.4 Å². The maximum atomic E-state index is 12.6. The summed E-state index contributed by atoms with van der Waals surface area (Å²) in [6.07, 6.45) is 5.21. The van der Waals surface area contributed by atoms with E-state index < -0.39 is 0 Å². The van der Waals surface area contributed by atoms with Crippen LogP contribution in [0, 0.1) is 5.92 Å². The van der Waals surface area contributed by atoms with E-state index in [4.69, 9.17) is 5.73 Å². The molecule has 2 atom stereocenters. The van der Waals surface area contributed by atoms with Crippen LogP contribution < -0.4 is 5.73 Å². The van der Waals surface area contributed by atoms with Gasteiger partial charge in [0.05, 0.1) is 5.92 Å². The van der Waals surface area contributed by atoms with Gasteiger partial charge in [-0.05, 0) is 36.8 Å². The largest absolute Gasteiger partial charge is 0.338 e. The fraction of sp³-hybridized carbons (Fsp3) is 0.562. The molecule has 1 amide bonds. The molecule has 3 heteroatoms.